The predicted molar refractivity (Wildman–Crippen MR) is 89.3 cm³/mol. The van der Waals surface area contributed by atoms with Gasteiger partial charge in [-0.1, -0.05) is 6.07 Å². The number of carbonyl (C=O) groups excluding carboxylic acids is 1. The van der Waals surface area contributed by atoms with Gasteiger partial charge in [-0.25, -0.2) is 9.78 Å². The maximum atomic E-state index is 12.2. The average molecular weight is 334 g/mol. The maximum absolute atomic E-state index is 12.2. The first kappa shape index (κ1) is 16.0. The van der Waals surface area contributed by atoms with Crippen LogP contribution in [0.5, 0.6) is 0 Å². The zero-order valence-corrected chi connectivity index (χ0v) is 14.2. The number of hydrogen-bond donors (Lipinski definition) is 2. The van der Waals surface area contributed by atoms with Crippen LogP contribution in [0.2, 0.25) is 0 Å². The van der Waals surface area contributed by atoms with Crippen LogP contribution in [-0.4, -0.2) is 28.2 Å². The van der Waals surface area contributed by atoms with Gasteiger partial charge in [0.1, 0.15) is 6.10 Å². The molecule has 2 aromatic rings. The summed E-state index contributed by atoms with van der Waals surface area (Å²) in [5, 5.41) is 8.08. The fourth-order valence-electron chi connectivity index (χ4n) is 2.84. The van der Waals surface area contributed by atoms with E-state index in [9.17, 15) is 4.79 Å². The highest BCUT2D eigenvalue weighted by atomic mass is 32.1. The molecule has 1 aliphatic heterocycles. The first-order valence-corrected chi connectivity index (χ1v) is 8.69. The molecule has 3 rings (SSSR count). The van der Waals surface area contributed by atoms with E-state index in [1.165, 1.54) is 0 Å². The van der Waals surface area contributed by atoms with Crippen LogP contribution >= 0.6 is 11.3 Å². The first-order valence-electron chi connectivity index (χ1n) is 7.81. The van der Waals surface area contributed by atoms with Gasteiger partial charge in [-0.2, -0.15) is 0 Å². The Morgan fingerprint density at radius 2 is 2.43 bits per heavy atom. The summed E-state index contributed by atoms with van der Waals surface area (Å²) in [6.45, 7) is 2.63. The molecule has 1 fully saturated rings. The van der Waals surface area contributed by atoms with Crippen LogP contribution < -0.4 is 10.6 Å². The predicted octanol–water partition coefficient (Wildman–Crippen LogP) is 2.76. The highest BCUT2D eigenvalue weighted by Gasteiger charge is 2.27. The number of ether oxygens (including phenoxy) is 1. The lowest BCUT2D eigenvalue weighted by atomic mass is 10.0. The lowest BCUT2D eigenvalue weighted by molar-refractivity contribution is -0.00181. The molecular weight excluding hydrogens is 312 g/mol. The van der Waals surface area contributed by atoms with Gasteiger partial charge in [0, 0.05) is 24.6 Å². The number of nitrogens with zero attached hydrogens (tertiary/aromatic N) is 2. The molecule has 23 heavy (non-hydrogen) atoms. The SMILES string of the molecule is C[C@H](NC(=O)N[C@@H]1CCO[C@@H](c2cncn2C)C1)c1cccs1. The second-order valence-corrected chi connectivity index (χ2v) is 6.84. The minimum atomic E-state index is -0.124. The molecule has 124 valence electrons. The molecule has 0 saturated carbocycles. The number of thiophene rings is 1. The zero-order chi connectivity index (χ0) is 16.2. The number of imidazole rings is 1. The van der Waals surface area contributed by atoms with Crippen LogP contribution in [-0.2, 0) is 11.8 Å². The van der Waals surface area contributed by atoms with Crippen LogP contribution in [0.25, 0.3) is 0 Å². The molecule has 0 radical (unpaired) electrons. The van der Waals surface area contributed by atoms with E-state index in [2.05, 4.69) is 15.6 Å². The number of aromatic nitrogens is 2. The van der Waals surface area contributed by atoms with Crippen molar-refractivity contribution < 1.29 is 9.53 Å². The van der Waals surface area contributed by atoms with E-state index in [4.69, 9.17) is 4.74 Å². The van der Waals surface area contributed by atoms with Crippen molar-refractivity contribution in [1.29, 1.82) is 0 Å². The van der Waals surface area contributed by atoms with Gasteiger partial charge in [-0.15, -0.1) is 11.3 Å². The number of carbonyl (C=O) groups is 1. The maximum Gasteiger partial charge on any atom is 0.315 e. The molecule has 0 spiro atoms. The second kappa shape index (κ2) is 7.14. The quantitative estimate of drug-likeness (QED) is 0.903. The Morgan fingerprint density at radius 1 is 1.57 bits per heavy atom. The van der Waals surface area contributed by atoms with E-state index in [1.54, 1.807) is 17.7 Å². The molecule has 0 aliphatic carbocycles. The van der Waals surface area contributed by atoms with Crippen molar-refractivity contribution in [2.75, 3.05) is 6.61 Å². The van der Waals surface area contributed by atoms with E-state index in [1.807, 2.05) is 42.2 Å². The Labute approximate surface area is 139 Å². The van der Waals surface area contributed by atoms with Crippen molar-refractivity contribution in [1.82, 2.24) is 20.2 Å². The number of rotatable bonds is 4. The Balaban J connectivity index is 1.53. The second-order valence-electron chi connectivity index (χ2n) is 5.87. The van der Waals surface area contributed by atoms with E-state index in [0.717, 1.165) is 23.4 Å². The van der Waals surface area contributed by atoms with Gasteiger partial charge in [0.05, 0.1) is 24.3 Å². The van der Waals surface area contributed by atoms with Crippen molar-refractivity contribution in [3.8, 4) is 0 Å². The van der Waals surface area contributed by atoms with Crippen LogP contribution in [0.1, 0.15) is 42.5 Å². The van der Waals surface area contributed by atoms with Gasteiger partial charge in [0.2, 0.25) is 0 Å². The molecule has 0 unspecified atom stereocenters. The van der Waals surface area contributed by atoms with Crippen molar-refractivity contribution in [3.05, 3.63) is 40.6 Å². The molecule has 1 aliphatic rings. The standard InChI is InChI=1S/C16H22N4O2S/c1-11(15-4-3-7-23-15)18-16(21)19-12-5-6-22-14(8-12)13-9-17-10-20(13)2/h3-4,7,9-12,14H,5-6,8H2,1-2H3,(H2,18,19,21)/t11-,12+,14+/m0/s1. The summed E-state index contributed by atoms with van der Waals surface area (Å²) in [5.74, 6) is 0. The lowest BCUT2D eigenvalue weighted by Crippen LogP contribution is -2.45. The summed E-state index contributed by atoms with van der Waals surface area (Å²) in [7, 11) is 1.96. The summed E-state index contributed by atoms with van der Waals surface area (Å²) >= 11 is 1.65. The average Bonchev–Trinajstić information content (AvgIpc) is 3.18. The van der Waals surface area contributed by atoms with Crippen LogP contribution in [0, 0.1) is 0 Å². The van der Waals surface area contributed by atoms with E-state index in [-0.39, 0.29) is 24.2 Å². The number of nitrogens with one attached hydrogen (secondary N) is 2. The zero-order valence-electron chi connectivity index (χ0n) is 13.4. The van der Waals surface area contributed by atoms with Crippen molar-refractivity contribution in [2.45, 2.75) is 38.0 Å². The highest BCUT2D eigenvalue weighted by molar-refractivity contribution is 7.10. The first-order chi connectivity index (χ1) is 11.1. The van der Waals surface area contributed by atoms with Gasteiger partial charge >= 0.3 is 6.03 Å². The summed E-state index contributed by atoms with van der Waals surface area (Å²) in [4.78, 5) is 17.5. The van der Waals surface area contributed by atoms with Crippen molar-refractivity contribution in [2.24, 2.45) is 7.05 Å². The molecular formula is C16H22N4O2S. The summed E-state index contributed by atoms with van der Waals surface area (Å²) in [6, 6.07) is 4.03. The molecule has 2 amide bonds. The monoisotopic (exact) mass is 334 g/mol. The third kappa shape index (κ3) is 3.92. The van der Waals surface area contributed by atoms with Crippen molar-refractivity contribution in [3.63, 3.8) is 0 Å². The summed E-state index contributed by atoms with van der Waals surface area (Å²) in [6.07, 6.45) is 5.17. The fraction of sp³-hybridized carbons (Fsp3) is 0.500. The number of aryl methyl sites for hydroxylation is 1. The van der Waals surface area contributed by atoms with E-state index in [0.29, 0.717) is 6.61 Å². The van der Waals surface area contributed by atoms with Crippen molar-refractivity contribution >= 4 is 17.4 Å². The lowest BCUT2D eigenvalue weighted by Gasteiger charge is -2.30. The summed E-state index contributed by atoms with van der Waals surface area (Å²) < 4.78 is 7.79. The van der Waals surface area contributed by atoms with Gasteiger partial charge < -0.3 is 19.9 Å². The molecule has 3 heterocycles. The molecule has 7 heteroatoms. The van der Waals surface area contributed by atoms with Crippen LogP contribution in [0.4, 0.5) is 4.79 Å². The molecule has 6 nitrogen and oxygen atoms in total. The molecule has 2 aromatic heterocycles. The third-order valence-electron chi connectivity index (χ3n) is 4.12. The number of amides is 2. The minimum Gasteiger partial charge on any atom is -0.372 e. The normalized spacial score (nSPS) is 22.5. The topological polar surface area (TPSA) is 68.2 Å². The minimum absolute atomic E-state index is 0.0164. The smallest absolute Gasteiger partial charge is 0.315 e. The molecule has 3 atom stereocenters. The highest BCUT2D eigenvalue weighted by Crippen LogP contribution is 2.27. The largest absolute Gasteiger partial charge is 0.372 e. The summed E-state index contributed by atoms with van der Waals surface area (Å²) in [5.41, 5.74) is 1.05. The Kier molecular flexibility index (Phi) is 4.97. The van der Waals surface area contributed by atoms with Crippen LogP contribution in [0.15, 0.2) is 30.0 Å². The van der Waals surface area contributed by atoms with Gasteiger partial charge in [-0.05, 0) is 31.2 Å². The van der Waals surface area contributed by atoms with Crippen LogP contribution in [0.3, 0.4) is 0 Å². The Hall–Kier alpha value is -1.86. The van der Waals surface area contributed by atoms with E-state index >= 15 is 0 Å². The molecule has 2 N–H and O–H groups in total. The third-order valence-corrected chi connectivity index (χ3v) is 5.18. The Bertz CT molecular complexity index is 640. The van der Waals surface area contributed by atoms with Gasteiger partial charge in [0.15, 0.2) is 0 Å². The van der Waals surface area contributed by atoms with Gasteiger partial charge in [0.25, 0.3) is 0 Å². The molecule has 0 aromatic carbocycles. The molecule has 1 saturated heterocycles. The number of urea groups is 1. The molecule has 0 bridgehead atoms. The van der Waals surface area contributed by atoms with Gasteiger partial charge in [-0.3, -0.25) is 0 Å². The Morgan fingerprint density at radius 3 is 3.13 bits per heavy atom. The number of hydrogen-bond acceptors (Lipinski definition) is 4. The fourth-order valence-corrected chi connectivity index (χ4v) is 3.58. The van der Waals surface area contributed by atoms with E-state index < -0.39 is 0 Å².